The van der Waals surface area contributed by atoms with Crippen molar-refractivity contribution in [1.82, 2.24) is 0 Å². The Balaban J connectivity index is 1.91. The molecule has 0 unspecified atom stereocenters. The second kappa shape index (κ2) is 8.87. The molecule has 0 aliphatic carbocycles. The van der Waals surface area contributed by atoms with Crippen LogP contribution in [0, 0.1) is 11.3 Å². The fourth-order valence-corrected chi connectivity index (χ4v) is 8.45. The van der Waals surface area contributed by atoms with E-state index in [1.165, 1.54) is 18.2 Å². The van der Waals surface area contributed by atoms with Crippen LogP contribution in [0.25, 0.3) is 0 Å². The Morgan fingerprint density at radius 1 is 0.714 bits per heavy atom. The van der Waals surface area contributed by atoms with Gasteiger partial charge in [0.2, 0.25) is 5.78 Å². The molecule has 1 aliphatic heterocycles. The molecule has 0 amide bonds. The van der Waals surface area contributed by atoms with Crippen molar-refractivity contribution in [3.05, 3.63) is 115 Å². The normalized spacial score (nSPS) is 13.6. The molecule has 0 saturated heterocycles. The van der Waals surface area contributed by atoms with Gasteiger partial charge < -0.3 is 9.47 Å². The maximum atomic E-state index is 14.1. The molecule has 0 fully saturated rings. The summed E-state index contributed by atoms with van der Waals surface area (Å²) in [6.45, 7) is -3.02. The van der Waals surface area contributed by atoms with Crippen molar-refractivity contribution in [3.63, 3.8) is 0 Å². The molecule has 0 atom stereocenters. The lowest BCUT2D eigenvalue weighted by molar-refractivity contribution is -0.286. The highest BCUT2D eigenvalue weighted by Gasteiger charge is 2.46. The van der Waals surface area contributed by atoms with Gasteiger partial charge in [-0.1, -0.05) is 97.1 Å². The van der Waals surface area contributed by atoms with Crippen LogP contribution in [0.15, 0.2) is 109 Å². The van der Waals surface area contributed by atoms with E-state index < -0.39 is 19.0 Å². The minimum Gasteiger partial charge on any atom is -0.395 e. The SMILES string of the molecule is N#CC(C(=O)c1cccc2c1OC(F)(F)O2)=P(c1ccccc1)(c1ccccc1)c1ccccc1. The molecule has 7 heteroatoms. The summed E-state index contributed by atoms with van der Waals surface area (Å²) in [5, 5.41) is 12.8. The number of nitriles is 1. The molecule has 5 rings (SSSR count). The molecule has 0 saturated carbocycles. The summed E-state index contributed by atoms with van der Waals surface area (Å²) in [7, 11) is 0. The summed E-state index contributed by atoms with van der Waals surface area (Å²) in [4.78, 5) is 14.1. The van der Waals surface area contributed by atoms with E-state index in [0.29, 0.717) is 0 Å². The van der Waals surface area contributed by atoms with Crippen molar-refractivity contribution in [2.45, 2.75) is 6.29 Å². The standard InChI is InChI=1S/C28H18F2NO3P/c29-28(30)33-24-18-10-17-23(27(24)34-28)26(32)25(19-31)35(20-11-4-1-5-12-20,21-13-6-2-7-14-21)22-15-8-3-9-16-22/h1-18H. The van der Waals surface area contributed by atoms with Crippen LogP contribution < -0.4 is 25.4 Å². The Hall–Kier alpha value is -4.20. The van der Waals surface area contributed by atoms with Gasteiger partial charge in [-0.05, 0) is 34.9 Å². The number of hydrogen-bond acceptors (Lipinski definition) is 4. The highest BCUT2D eigenvalue weighted by Crippen LogP contribution is 2.48. The molecule has 172 valence electrons. The van der Waals surface area contributed by atoms with Crippen molar-refractivity contribution >= 4 is 33.9 Å². The number of ether oxygens (including phenoxy) is 2. The lowest BCUT2D eigenvalue weighted by Gasteiger charge is -2.30. The molecule has 1 aliphatic rings. The number of Topliss-reactive ketones (excluding diaryl/α,β-unsaturated/α-hetero) is 1. The molecule has 0 radical (unpaired) electrons. The largest absolute Gasteiger partial charge is 0.586 e. The first-order valence-electron chi connectivity index (χ1n) is 10.7. The van der Waals surface area contributed by atoms with Gasteiger partial charge >= 0.3 is 6.29 Å². The summed E-state index contributed by atoms with van der Waals surface area (Å²) in [5.74, 6) is -1.31. The molecule has 0 N–H and O–H groups in total. The predicted molar refractivity (Wildman–Crippen MR) is 133 cm³/mol. The van der Waals surface area contributed by atoms with E-state index >= 15 is 0 Å². The predicted octanol–water partition coefficient (Wildman–Crippen LogP) is 4.88. The van der Waals surface area contributed by atoms with E-state index in [4.69, 9.17) is 0 Å². The van der Waals surface area contributed by atoms with Gasteiger partial charge in [0.1, 0.15) is 11.4 Å². The summed E-state index contributed by atoms with van der Waals surface area (Å²) in [6, 6.07) is 34.3. The van der Waals surface area contributed by atoms with E-state index in [0.717, 1.165) is 15.9 Å². The lowest BCUT2D eigenvalue weighted by atomic mass is 10.1. The molecular formula is C28H18F2NO3P. The van der Waals surface area contributed by atoms with Gasteiger partial charge in [0, 0.05) is 0 Å². The van der Waals surface area contributed by atoms with Gasteiger partial charge in [0.15, 0.2) is 11.5 Å². The number of carbonyl (C=O) groups is 1. The van der Waals surface area contributed by atoms with Crippen molar-refractivity contribution < 1.29 is 23.0 Å². The number of para-hydroxylation sites is 1. The van der Waals surface area contributed by atoms with Crippen molar-refractivity contribution in [2.75, 3.05) is 0 Å². The van der Waals surface area contributed by atoms with E-state index in [1.54, 1.807) is 0 Å². The third-order valence-electron chi connectivity index (χ3n) is 5.76. The van der Waals surface area contributed by atoms with Crippen LogP contribution in [-0.2, 0) is 0 Å². The topological polar surface area (TPSA) is 59.3 Å². The Labute approximate surface area is 201 Å². The van der Waals surface area contributed by atoms with Gasteiger partial charge in [-0.3, -0.25) is 4.79 Å². The number of alkyl halides is 2. The summed E-state index contributed by atoms with van der Waals surface area (Å²) < 4.78 is 37.0. The zero-order valence-corrected chi connectivity index (χ0v) is 19.2. The maximum Gasteiger partial charge on any atom is 0.586 e. The van der Waals surface area contributed by atoms with E-state index in [1.807, 2.05) is 91.0 Å². The molecule has 1 heterocycles. The number of carbonyl (C=O) groups excluding carboxylic acids is 1. The summed E-state index contributed by atoms with van der Waals surface area (Å²) in [5.41, 5.74) is -0.150. The van der Waals surface area contributed by atoms with Crippen LogP contribution in [0.5, 0.6) is 11.5 Å². The number of benzene rings is 4. The highest BCUT2D eigenvalue weighted by molar-refractivity contribution is 7.97. The van der Waals surface area contributed by atoms with Crippen LogP contribution in [-0.4, -0.2) is 17.4 Å². The molecule has 0 bridgehead atoms. The third kappa shape index (κ3) is 3.80. The number of nitrogens with zero attached hydrogens (tertiary/aromatic N) is 1. The number of halogens is 2. The van der Waals surface area contributed by atoms with Gasteiger partial charge in [-0.15, -0.1) is 8.78 Å². The number of ketones is 1. The van der Waals surface area contributed by atoms with Crippen LogP contribution in [0.3, 0.4) is 0 Å². The average Bonchev–Trinajstić information content (AvgIpc) is 3.22. The smallest absolute Gasteiger partial charge is 0.395 e. The Morgan fingerprint density at radius 2 is 1.20 bits per heavy atom. The molecule has 0 aromatic heterocycles. The van der Waals surface area contributed by atoms with Crippen molar-refractivity contribution in [3.8, 4) is 17.6 Å². The van der Waals surface area contributed by atoms with Crippen LogP contribution in [0.4, 0.5) is 8.78 Å². The van der Waals surface area contributed by atoms with Gasteiger partial charge in [-0.2, -0.15) is 5.26 Å². The Kier molecular flexibility index (Phi) is 5.72. The first-order chi connectivity index (χ1) is 17.0. The maximum absolute atomic E-state index is 14.1. The van der Waals surface area contributed by atoms with Gasteiger partial charge in [-0.25, -0.2) is 0 Å². The monoisotopic (exact) mass is 485 g/mol. The Bertz CT molecular complexity index is 1390. The molecule has 35 heavy (non-hydrogen) atoms. The number of rotatable bonds is 5. The third-order valence-corrected chi connectivity index (χ3v) is 9.95. The molecule has 0 spiro atoms. The second-order valence-corrected chi connectivity index (χ2v) is 11.1. The van der Waals surface area contributed by atoms with Crippen LogP contribution in [0.2, 0.25) is 0 Å². The summed E-state index contributed by atoms with van der Waals surface area (Å²) >= 11 is 0. The lowest BCUT2D eigenvalue weighted by Crippen LogP contribution is -2.33. The zero-order chi connectivity index (χ0) is 24.5. The Morgan fingerprint density at radius 3 is 1.66 bits per heavy atom. The fraction of sp³-hybridized carbons (Fsp3) is 0.0357. The van der Waals surface area contributed by atoms with Gasteiger partial charge in [0.25, 0.3) is 0 Å². The highest BCUT2D eigenvalue weighted by atomic mass is 31.2. The van der Waals surface area contributed by atoms with Crippen molar-refractivity contribution in [2.24, 2.45) is 0 Å². The first-order valence-corrected chi connectivity index (χ1v) is 12.5. The minimum atomic E-state index is -3.89. The quantitative estimate of drug-likeness (QED) is 0.299. The van der Waals surface area contributed by atoms with Crippen molar-refractivity contribution in [1.29, 1.82) is 5.26 Å². The van der Waals surface area contributed by atoms with Crippen LogP contribution in [0.1, 0.15) is 10.4 Å². The summed E-state index contributed by atoms with van der Waals surface area (Å²) in [6.07, 6.45) is -3.89. The van der Waals surface area contributed by atoms with E-state index in [2.05, 4.69) is 15.5 Å². The van der Waals surface area contributed by atoms with E-state index in [9.17, 15) is 18.8 Å². The van der Waals surface area contributed by atoms with Crippen LogP contribution >= 0.6 is 6.89 Å². The molecule has 4 aromatic rings. The van der Waals surface area contributed by atoms with E-state index in [-0.39, 0.29) is 22.4 Å². The number of fused-ring (bicyclic) bond motifs is 1. The fourth-order valence-electron chi connectivity index (χ4n) is 4.34. The molecule has 4 nitrogen and oxygen atoms in total. The van der Waals surface area contributed by atoms with Gasteiger partial charge in [0.05, 0.1) is 5.56 Å². The average molecular weight is 485 g/mol. The zero-order valence-electron chi connectivity index (χ0n) is 18.3. The minimum absolute atomic E-state index is 0.0479. The second-order valence-electron chi connectivity index (χ2n) is 7.77. The molecular weight excluding hydrogens is 467 g/mol. The molecule has 4 aromatic carbocycles. The number of hydrogen-bond donors (Lipinski definition) is 0. The first kappa shape index (κ1) is 22.6.